The molecule has 0 spiro atoms. The molecule has 1 aromatic rings. The van der Waals surface area contributed by atoms with E-state index in [2.05, 4.69) is 10.3 Å². The molecule has 0 amide bonds. The molecule has 3 N–H and O–H groups in total. The molecule has 23 heavy (non-hydrogen) atoms. The number of pyridine rings is 1. The molecule has 1 aliphatic heterocycles. The minimum absolute atomic E-state index is 0. The van der Waals surface area contributed by atoms with Gasteiger partial charge in [-0.05, 0) is 56.0 Å². The number of hydrogen-bond donors (Lipinski definition) is 2. The summed E-state index contributed by atoms with van der Waals surface area (Å²) in [6.45, 7) is 2.07. The highest BCUT2D eigenvalue weighted by atomic mass is 35.5. The summed E-state index contributed by atoms with van der Waals surface area (Å²) in [5.41, 5.74) is 6.61. The third-order valence-electron chi connectivity index (χ3n) is 3.55. The second-order valence-electron chi connectivity index (χ2n) is 5.26. The quantitative estimate of drug-likeness (QED) is 0.582. The van der Waals surface area contributed by atoms with Crippen molar-refractivity contribution >= 4 is 54.0 Å². The smallest absolute Gasteiger partial charge is 0.323 e. The molecule has 1 fully saturated rings. The van der Waals surface area contributed by atoms with Crippen LogP contribution in [0.25, 0.3) is 0 Å². The van der Waals surface area contributed by atoms with Crippen LogP contribution in [0.5, 0.6) is 0 Å². The highest BCUT2D eigenvalue weighted by Crippen LogP contribution is 2.19. The average molecular weight is 405 g/mol. The molecule has 5 nitrogen and oxygen atoms in total. The van der Waals surface area contributed by atoms with Gasteiger partial charge in [0.2, 0.25) is 0 Å². The summed E-state index contributed by atoms with van der Waals surface area (Å²) >= 11 is 11.6. The van der Waals surface area contributed by atoms with Crippen LogP contribution >= 0.6 is 48.0 Å². The number of ether oxygens (including phenoxy) is 1. The largest absolute Gasteiger partial charge is 0.460 e. The van der Waals surface area contributed by atoms with Gasteiger partial charge in [-0.3, -0.25) is 4.79 Å². The predicted molar refractivity (Wildman–Crippen MR) is 96.7 cm³/mol. The first-order chi connectivity index (χ1) is 10.0. The van der Waals surface area contributed by atoms with Crippen molar-refractivity contribution in [3.05, 3.63) is 28.0 Å². The maximum Gasteiger partial charge on any atom is 0.323 e. The Morgan fingerprint density at radius 1 is 1.30 bits per heavy atom. The van der Waals surface area contributed by atoms with Crippen molar-refractivity contribution in [3.8, 4) is 0 Å². The van der Waals surface area contributed by atoms with Gasteiger partial charge in [0.05, 0.1) is 0 Å². The zero-order valence-corrected chi connectivity index (χ0v) is 15.6. The van der Waals surface area contributed by atoms with Gasteiger partial charge in [-0.15, -0.1) is 24.8 Å². The van der Waals surface area contributed by atoms with Crippen LogP contribution in [-0.4, -0.2) is 30.1 Å². The van der Waals surface area contributed by atoms with E-state index in [1.807, 2.05) is 0 Å². The van der Waals surface area contributed by atoms with Crippen molar-refractivity contribution in [3.63, 3.8) is 0 Å². The number of carbonyl (C=O) groups excluding carboxylic acids is 1. The number of rotatable bonds is 5. The number of esters is 1. The lowest BCUT2D eigenvalue weighted by molar-refractivity contribution is -0.147. The lowest BCUT2D eigenvalue weighted by Crippen LogP contribution is -2.37. The Bertz CT molecular complexity index is 479. The molecular formula is C14H21Cl4N3O2. The lowest BCUT2D eigenvalue weighted by atomic mass is 9.91. The minimum Gasteiger partial charge on any atom is -0.460 e. The Kier molecular flexibility index (Phi) is 11.1. The summed E-state index contributed by atoms with van der Waals surface area (Å²) in [5, 5.41) is 3.83. The molecule has 0 bridgehead atoms. The van der Waals surface area contributed by atoms with Crippen LogP contribution in [0.15, 0.2) is 12.1 Å². The first-order valence-electron chi connectivity index (χ1n) is 6.99. The van der Waals surface area contributed by atoms with Gasteiger partial charge in [0.15, 0.2) is 0 Å². The fourth-order valence-electron chi connectivity index (χ4n) is 2.43. The number of aromatic nitrogens is 1. The molecule has 1 saturated heterocycles. The normalized spacial score (nSPS) is 16.0. The average Bonchev–Trinajstić information content (AvgIpc) is 2.44. The number of hydrogen-bond acceptors (Lipinski definition) is 5. The fourth-order valence-corrected chi connectivity index (χ4v) is 2.94. The summed E-state index contributed by atoms with van der Waals surface area (Å²) < 4.78 is 5.22. The Morgan fingerprint density at radius 2 is 1.87 bits per heavy atom. The molecule has 1 aliphatic rings. The highest BCUT2D eigenvalue weighted by molar-refractivity contribution is 6.32. The van der Waals surface area contributed by atoms with Crippen LogP contribution < -0.4 is 11.1 Å². The second kappa shape index (κ2) is 11.3. The molecule has 0 aromatic carbocycles. The van der Waals surface area contributed by atoms with Gasteiger partial charge in [-0.25, -0.2) is 4.98 Å². The van der Waals surface area contributed by atoms with Crippen molar-refractivity contribution in [1.29, 1.82) is 0 Å². The molecule has 0 saturated carbocycles. The number of nitrogens with one attached hydrogen (secondary N) is 1. The van der Waals surface area contributed by atoms with E-state index < -0.39 is 12.0 Å². The Hall–Kier alpha value is -0.300. The van der Waals surface area contributed by atoms with Gasteiger partial charge in [0.1, 0.15) is 23.0 Å². The van der Waals surface area contributed by atoms with E-state index in [9.17, 15) is 4.79 Å². The lowest BCUT2D eigenvalue weighted by Gasteiger charge is -2.24. The molecule has 1 atom stereocenters. The molecule has 2 rings (SSSR count). The molecule has 9 heteroatoms. The Balaban J connectivity index is 0.00000242. The number of nitrogens with zero attached hydrogens (tertiary/aromatic N) is 1. The van der Waals surface area contributed by atoms with Gasteiger partial charge < -0.3 is 15.8 Å². The second-order valence-corrected chi connectivity index (χ2v) is 6.04. The van der Waals surface area contributed by atoms with Gasteiger partial charge in [0, 0.05) is 0 Å². The molecule has 1 aromatic heterocycles. The third kappa shape index (κ3) is 7.88. The van der Waals surface area contributed by atoms with Crippen molar-refractivity contribution < 1.29 is 9.53 Å². The third-order valence-corrected chi connectivity index (χ3v) is 3.94. The van der Waals surface area contributed by atoms with Crippen LogP contribution in [0.3, 0.4) is 0 Å². The van der Waals surface area contributed by atoms with E-state index in [0.717, 1.165) is 25.9 Å². The number of piperidine rings is 1. The zero-order chi connectivity index (χ0) is 15.2. The van der Waals surface area contributed by atoms with Crippen LogP contribution in [-0.2, 0) is 16.1 Å². The van der Waals surface area contributed by atoms with E-state index in [4.69, 9.17) is 33.7 Å². The minimum atomic E-state index is -0.583. The summed E-state index contributed by atoms with van der Waals surface area (Å²) in [5.74, 6) is 0.0937. The standard InChI is InChI=1S/C14H19Cl2N3O2.2ClH/c15-12-6-10(7-13(16)19-12)8-21-14(20)11(17)5-9-1-3-18-4-2-9;;/h6-7,9,11,18H,1-5,8,17H2;2*1H/t11-;;/m0../s1. The Morgan fingerprint density at radius 3 is 2.43 bits per heavy atom. The van der Waals surface area contributed by atoms with E-state index in [1.54, 1.807) is 12.1 Å². The van der Waals surface area contributed by atoms with Crippen LogP contribution in [0.1, 0.15) is 24.8 Å². The molecule has 0 aliphatic carbocycles. The molecule has 0 radical (unpaired) electrons. The predicted octanol–water partition coefficient (Wildman–Crippen LogP) is 2.99. The molecule has 132 valence electrons. The first-order valence-corrected chi connectivity index (χ1v) is 7.75. The number of carbonyl (C=O) groups is 1. The molecule has 0 unspecified atom stereocenters. The summed E-state index contributed by atoms with van der Waals surface area (Å²) in [7, 11) is 0. The van der Waals surface area contributed by atoms with E-state index in [1.165, 1.54) is 0 Å². The monoisotopic (exact) mass is 403 g/mol. The van der Waals surface area contributed by atoms with E-state index in [-0.39, 0.29) is 41.7 Å². The number of nitrogens with two attached hydrogens (primary N) is 1. The molecular weight excluding hydrogens is 384 g/mol. The van der Waals surface area contributed by atoms with Crippen molar-refractivity contribution in [2.75, 3.05) is 13.1 Å². The fraction of sp³-hybridized carbons (Fsp3) is 0.571. The van der Waals surface area contributed by atoms with Crippen LogP contribution in [0.2, 0.25) is 10.3 Å². The first kappa shape index (κ1) is 22.7. The Labute approximate surface area is 158 Å². The van der Waals surface area contributed by atoms with E-state index >= 15 is 0 Å². The van der Waals surface area contributed by atoms with Crippen molar-refractivity contribution in [1.82, 2.24) is 10.3 Å². The van der Waals surface area contributed by atoms with Crippen LogP contribution in [0.4, 0.5) is 0 Å². The SMILES string of the molecule is Cl.Cl.N[C@@H](CC1CCNCC1)C(=O)OCc1cc(Cl)nc(Cl)c1. The van der Waals surface area contributed by atoms with Crippen LogP contribution in [0, 0.1) is 5.92 Å². The maximum absolute atomic E-state index is 11.9. The van der Waals surface area contributed by atoms with Gasteiger partial charge in [-0.1, -0.05) is 23.2 Å². The summed E-state index contributed by atoms with van der Waals surface area (Å²) in [4.78, 5) is 15.7. The highest BCUT2D eigenvalue weighted by Gasteiger charge is 2.22. The van der Waals surface area contributed by atoms with Gasteiger partial charge >= 0.3 is 5.97 Å². The number of halogens is 4. The van der Waals surface area contributed by atoms with Gasteiger partial charge in [0.25, 0.3) is 0 Å². The van der Waals surface area contributed by atoms with E-state index in [0.29, 0.717) is 17.9 Å². The summed E-state index contributed by atoms with van der Waals surface area (Å²) in [6, 6.07) is 2.64. The molecule has 2 heterocycles. The van der Waals surface area contributed by atoms with Gasteiger partial charge in [-0.2, -0.15) is 0 Å². The maximum atomic E-state index is 11.9. The topological polar surface area (TPSA) is 77.2 Å². The summed E-state index contributed by atoms with van der Waals surface area (Å²) in [6.07, 6.45) is 2.77. The van der Waals surface area contributed by atoms with Crippen molar-refractivity contribution in [2.24, 2.45) is 11.7 Å². The van der Waals surface area contributed by atoms with Crippen molar-refractivity contribution in [2.45, 2.75) is 31.9 Å². The zero-order valence-electron chi connectivity index (χ0n) is 12.5.